The van der Waals surface area contributed by atoms with E-state index >= 15 is 0 Å². The summed E-state index contributed by atoms with van der Waals surface area (Å²) in [7, 11) is 1.58. The fraction of sp³-hybridized carbons (Fsp3) is 0.750. The summed E-state index contributed by atoms with van der Waals surface area (Å²) in [5.74, 6) is 5.95. The van der Waals surface area contributed by atoms with Gasteiger partial charge < -0.3 is 21.0 Å². The van der Waals surface area contributed by atoms with Gasteiger partial charge in [-0.05, 0) is 25.7 Å². The monoisotopic (exact) mass is 325 g/mol. The topological polar surface area (TPSA) is 105 Å². The maximum Gasteiger partial charge on any atom is 0.244 e. The number of allylic oxidation sites excluding steroid dienone is 1. The molecule has 0 aromatic carbocycles. The van der Waals surface area contributed by atoms with E-state index < -0.39 is 0 Å². The first-order chi connectivity index (χ1) is 10.9. The third-order valence-corrected chi connectivity index (χ3v) is 3.80. The van der Waals surface area contributed by atoms with Gasteiger partial charge in [-0.3, -0.25) is 9.59 Å². The summed E-state index contributed by atoms with van der Waals surface area (Å²) in [5, 5.41) is 3.91. The van der Waals surface area contributed by atoms with Crippen molar-refractivity contribution in [3.8, 4) is 0 Å². The van der Waals surface area contributed by atoms with Crippen LogP contribution in [-0.4, -0.2) is 47.9 Å². The molecule has 1 saturated carbocycles. The average molecular weight is 325 g/mol. The number of hydrazine groups is 1. The molecular weight excluding hydrogens is 294 g/mol. The molecule has 7 heteroatoms. The van der Waals surface area contributed by atoms with Crippen LogP contribution in [0.2, 0.25) is 0 Å². The first-order valence-electron chi connectivity index (χ1n) is 8.44. The van der Waals surface area contributed by atoms with E-state index in [1.165, 1.54) is 11.4 Å². The van der Waals surface area contributed by atoms with E-state index in [-0.39, 0.29) is 24.4 Å². The lowest BCUT2D eigenvalue weighted by Gasteiger charge is -2.25. The Hall–Kier alpha value is -1.76. The van der Waals surface area contributed by atoms with Crippen molar-refractivity contribution in [2.75, 3.05) is 20.1 Å². The van der Waals surface area contributed by atoms with Gasteiger partial charge >= 0.3 is 0 Å². The van der Waals surface area contributed by atoms with Crippen molar-refractivity contribution < 1.29 is 9.59 Å². The van der Waals surface area contributed by atoms with Crippen LogP contribution in [-0.2, 0) is 9.59 Å². The number of nitrogens with two attached hydrogens (primary N) is 2. The minimum absolute atomic E-state index is 0.0426. The SMILES string of the molecule is CCC.CNC(=O)C1CCCN1C(=O)CN(N)/C=C(\N)C1CC1. The molecule has 2 aliphatic rings. The summed E-state index contributed by atoms with van der Waals surface area (Å²) in [6.45, 7) is 4.90. The molecule has 0 aromatic heterocycles. The van der Waals surface area contributed by atoms with Gasteiger partial charge in [0.2, 0.25) is 11.8 Å². The number of hydrogen-bond acceptors (Lipinski definition) is 5. The van der Waals surface area contributed by atoms with E-state index in [0.717, 1.165) is 25.0 Å². The fourth-order valence-corrected chi connectivity index (χ4v) is 2.51. The lowest BCUT2D eigenvalue weighted by atomic mass is 10.2. The molecule has 132 valence electrons. The number of nitrogens with zero attached hydrogens (tertiary/aromatic N) is 2. The lowest BCUT2D eigenvalue weighted by molar-refractivity contribution is -0.138. The standard InChI is InChI=1S/C13H23N5O2.C3H8/c1-16-13(20)11-3-2-6-18(11)12(19)8-17(15)7-10(14)9-4-5-9;1-3-2/h7,9,11H,2-6,8,14-15H2,1H3,(H,16,20);3H2,1-2H3/b10-7-;. The molecular formula is C16H31N5O2. The Morgan fingerprint density at radius 3 is 2.43 bits per heavy atom. The number of likely N-dealkylation sites (N-methyl/N-ethyl adjacent to an activating group) is 1. The normalized spacial score (nSPS) is 20.6. The number of hydrogen-bond donors (Lipinski definition) is 3. The second kappa shape index (κ2) is 9.39. The van der Waals surface area contributed by atoms with Crippen LogP contribution < -0.4 is 16.9 Å². The smallest absolute Gasteiger partial charge is 0.244 e. The zero-order chi connectivity index (χ0) is 17.4. The molecule has 2 fully saturated rings. The van der Waals surface area contributed by atoms with Crippen molar-refractivity contribution >= 4 is 11.8 Å². The number of rotatable bonds is 5. The van der Waals surface area contributed by atoms with Gasteiger partial charge in [-0.15, -0.1) is 0 Å². The van der Waals surface area contributed by atoms with Crippen molar-refractivity contribution in [2.45, 2.75) is 52.0 Å². The molecule has 5 N–H and O–H groups in total. The Bertz CT molecular complexity index is 434. The average Bonchev–Trinajstić information content (AvgIpc) is 3.24. The number of amides is 2. The van der Waals surface area contributed by atoms with Crippen LogP contribution in [0.5, 0.6) is 0 Å². The molecule has 0 bridgehead atoms. The minimum Gasteiger partial charge on any atom is -0.401 e. The van der Waals surface area contributed by atoms with Crippen LogP contribution in [0.4, 0.5) is 0 Å². The first-order valence-corrected chi connectivity index (χ1v) is 8.44. The quantitative estimate of drug-likeness (QED) is 0.505. The lowest BCUT2D eigenvalue weighted by Crippen LogP contribution is -2.48. The van der Waals surface area contributed by atoms with Crippen LogP contribution in [0.3, 0.4) is 0 Å². The molecule has 1 aliphatic carbocycles. The minimum atomic E-state index is -0.370. The largest absolute Gasteiger partial charge is 0.401 e. The summed E-state index contributed by atoms with van der Waals surface area (Å²) in [5.41, 5.74) is 6.58. The van der Waals surface area contributed by atoms with Crippen LogP contribution in [0.15, 0.2) is 11.9 Å². The highest BCUT2D eigenvalue weighted by Gasteiger charge is 2.33. The summed E-state index contributed by atoms with van der Waals surface area (Å²) < 4.78 is 0. The van der Waals surface area contributed by atoms with Gasteiger partial charge in [-0.2, -0.15) is 0 Å². The number of nitrogens with one attached hydrogen (secondary N) is 1. The molecule has 2 amide bonds. The predicted octanol–water partition coefficient (Wildman–Crippen LogP) is 0.526. The van der Waals surface area contributed by atoms with Crippen molar-refractivity contribution in [2.24, 2.45) is 17.5 Å². The molecule has 1 saturated heterocycles. The van der Waals surface area contributed by atoms with E-state index in [9.17, 15) is 9.59 Å². The highest BCUT2D eigenvalue weighted by atomic mass is 16.2. The molecule has 1 aliphatic heterocycles. The third-order valence-electron chi connectivity index (χ3n) is 3.80. The van der Waals surface area contributed by atoms with Gasteiger partial charge in [0.15, 0.2) is 0 Å². The molecule has 23 heavy (non-hydrogen) atoms. The Balaban J connectivity index is 0.000000816. The van der Waals surface area contributed by atoms with Crippen LogP contribution in [0.25, 0.3) is 0 Å². The number of likely N-dealkylation sites (tertiary alicyclic amines) is 1. The molecule has 1 atom stereocenters. The molecule has 2 rings (SSSR count). The molecule has 0 spiro atoms. The predicted molar refractivity (Wildman–Crippen MR) is 90.7 cm³/mol. The van der Waals surface area contributed by atoms with Crippen molar-refractivity contribution in [1.29, 1.82) is 0 Å². The maximum atomic E-state index is 12.2. The van der Waals surface area contributed by atoms with E-state index in [1.54, 1.807) is 18.1 Å². The van der Waals surface area contributed by atoms with Gasteiger partial charge in [-0.25, -0.2) is 5.84 Å². The second-order valence-electron chi connectivity index (χ2n) is 6.14. The molecule has 7 nitrogen and oxygen atoms in total. The Labute approximate surface area is 139 Å². The highest BCUT2D eigenvalue weighted by molar-refractivity contribution is 5.88. The van der Waals surface area contributed by atoms with Crippen LogP contribution in [0.1, 0.15) is 46.0 Å². The summed E-state index contributed by atoms with van der Waals surface area (Å²) in [6, 6.07) is -0.370. The Morgan fingerprint density at radius 1 is 1.30 bits per heavy atom. The van der Waals surface area contributed by atoms with Gasteiger partial charge in [-0.1, -0.05) is 20.3 Å². The number of carbonyl (C=O) groups excluding carboxylic acids is 2. The third kappa shape index (κ3) is 6.09. The second-order valence-corrected chi connectivity index (χ2v) is 6.14. The Morgan fingerprint density at radius 2 is 1.91 bits per heavy atom. The summed E-state index contributed by atoms with van der Waals surface area (Å²) in [6.07, 6.45) is 6.61. The van der Waals surface area contributed by atoms with Crippen molar-refractivity contribution in [3.63, 3.8) is 0 Å². The molecule has 1 unspecified atom stereocenters. The first kappa shape index (κ1) is 19.3. The Kier molecular flexibility index (Phi) is 7.88. The molecule has 1 heterocycles. The van der Waals surface area contributed by atoms with E-state index in [2.05, 4.69) is 19.2 Å². The van der Waals surface area contributed by atoms with E-state index in [4.69, 9.17) is 11.6 Å². The van der Waals surface area contributed by atoms with Crippen molar-refractivity contribution in [3.05, 3.63) is 11.9 Å². The zero-order valence-corrected chi connectivity index (χ0v) is 14.5. The van der Waals surface area contributed by atoms with Gasteiger partial charge in [0, 0.05) is 31.4 Å². The summed E-state index contributed by atoms with van der Waals surface area (Å²) >= 11 is 0. The molecule has 0 radical (unpaired) electrons. The fourth-order valence-electron chi connectivity index (χ4n) is 2.51. The van der Waals surface area contributed by atoms with Gasteiger partial charge in [0.1, 0.15) is 12.6 Å². The highest BCUT2D eigenvalue weighted by Crippen LogP contribution is 2.33. The van der Waals surface area contributed by atoms with Crippen molar-refractivity contribution in [1.82, 2.24) is 15.2 Å². The van der Waals surface area contributed by atoms with Gasteiger partial charge in [0.25, 0.3) is 0 Å². The summed E-state index contributed by atoms with van der Waals surface area (Å²) in [4.78, 5) is 25.5. The van der Waals surface area contributed by atoms with Crippen LogP contribution in [0, 0.1) is 5.92 Å². The maximum absolute atomic E-state index is 12.2. The number of carbonyl (C=O) groups is 2. The molecule has 0 aromatic rings. The van der Waals surface area contributed by atoms with E-state index in [0.29, 0.717) is 18.9 Å². The van der Waals surface area contributed by atoms with Gasteiger partial charge in [0.05, 0.1) is 0 Å². The zero-order valence-electron chi connectivity index (χ0n) is 14.5. The van der Waals surface area contributed by atoms with Crippen LogP contribution >= 0.6 is 0 Å². The van der Waals surface area contributed by atoms with E-state index in [1.807, 2.05) is 0 Å².